The highest BCUT2D eigenvalue weighted by Gasteiger charge is 2.35. The van der Waals surface area contributed by atoms with Crippen molar-refractivity contribution >= 4 is 23.2 Å². The van der Waals surface area contributed by atoms with Gasteiger partial charge in [0.2, 0.25) is 0 Å². The molecule has 21 heavy (non-hydrogen) atoms. The second-order valence-corrected chi connectivity index (χ2v) is 6.13. The number of nitrogens with one attached hydrogen (secondary N) is 1. The van der Waals surface area contributed by atoms with Gasteiger partial charge in [-0.3, -0.25) is 0 Å². The zero-order valence-electron chi connectivity index (χ0n) is 12.8. The van der Waals surface area contributed by atoms with Crippen LogP contribution in [0.5, 0.6) is 5.75 Å². The molecule has 5 heteroatoms. The van der Waals surface area contributed by atoms with E-state index in [4.69, 9.17) is 32.7 Å². The number of halogens is 2. The van der Waals surface area contributed by atoms with E-state index in [1.807, 2.05) is 6.07 Å². The van der Waals surface area contributed by atoms with Gasteiger partial charge in [-0.15, -0.1) is 0 Å². The quantitative estimate of drug-likeness (QED) is 0.834. The zero-order valence-corrected chi connectivity index (χ0v) is 14.3. The summed E-state index contributed by atoms with van der Waals surface area (Å²) in [4.78, 5) is 0. The van der Waals surface area contributed by atoms with E-state index in [1.165, 1.54) is 0 Å². The first-order valence-electron chi connectivity index (χ1n) is 7.50. The molecule has 1 aromatic rings. The van der Waals surface area contributed by atoms with E-state index in [2.05, 4.69) is 19.2 Å². The Hall–Kier alpha value is -0.480. The number of hydrogen-bond donors (Lipinski definition) is 1. The van der Waals surface area contributed by atoms with Gasteiger partial charge in [0.05, 0.1) is 18.2 Å². The van der Waals surface area contributed by atoms with Crippen molar-refractivity contribution in [1.82, 2.24) is 5.32 Å². The number of methoxy groups -OCH3 is 1. The summed E-state index contributed by atoms with van der Waals surface area (Å²) in [6.07, 6.45) is 2.32. The molecule has 1 aliphatic rings. The van der Waals surface area contributed by atoms with Crippen molar-refractivity contribution in [2.75, 3.05) is 20.3 Å². The highest BCUT2D eigenvalue weighted by molar-refractivity contribution is 6.34. The van der Waals surface area contributed by atoms with E-state index in [-0.39, 0.29) is 12.1 Å². The van der Waals surface area contributed by atoms with E-state index < -0.39 is 0 Å². The summed E-state index contributed by atoms with van der Waals surface area (Å²) in [5, 5.41) is 4.82. The van der Waals surface area contributed by atoms with Crippen molar-refractivity contribution in [3.8, 4) is 5.75 Å². The standard InChI is InChI=1S/C16H23Cl2NO2/c1-4-14-10(6-7-21-14)16(19-5-2)11-8-13(18)15(20-3)9-12(11)17/h8-10,14,16,19H,4-7H2,1-3H3. The topological polar surface area (TPSA) is 30.5 Å². The van der Waals surface area contributed by atoms with Crippen LogP contribution in [0.1, 0.15) is 38.3 Å². The SMILES string of the molecule is CCNC(c1cc(Cl)c(OC)cc1Cl)C1CCOC1CC. The molecule has 0 aromatic heterocycles. The Balaban J connectivity index is 2.36. The maximum Gasteiger partial charge on any atom is 0.138 e. The monoisotopic (exact) mass is 331 g/mol. The Morgan fingerprint density at radius 3 is 2.71 bits per heavy atom. The van der Waals surface area contributed by atoms with Crippen molar-refractivity contribution in [2.24, 2.45) is 5.92 Å². The van der Waals surface area contributed by atoms with Crippen LogP contribution in [0.15, 0.2) is 12.1 Å². The Kier molecular flexibility index (Phi) is 6.18. The van der Waals surface area contributed by atoms with Crippen LogP contribution in [0.25, 0.3) is 0 Å². The van der Waals surface area contributed by atoms with Crippen molar-refractivity contribution in [3.05, 3.63) is 27.7 Å². The summed E-state index contributed by atoms with van der Waals surface area (Å²) < 4.78 is 11.1. The minimum atomic E-state index is 0.151. The van der Waals surface area contributed by atoms with Gasteiger partial charge in [-0.1, -0.05) is 37.0 Å². The fraction of sp³-hybridized carbons (Fsp3) is 0.625. The smallest absolute Gasteiger partial charge is 0.138 e. The van der Waals surface area contributed by atoms with Crippen LogP contribution in [0.2, 0.25) is 10.0 Å². The third-order valence-electron chi connectivity index (χ3n) is 4.12. The Morgan fingerprint density at radius 1 is 1.33 bits per heavy atom. The molecule has 2 rings (SSSR count). The summed E-state index contributed by atoms with van der Waals surface area (Å²) >= 11 is 12.7. The molecule has 0 amide bonds. The summed E-state index contributed by atoms with van der Waals surface area (Å²) in [5.74, 6) is 1.02. The van der Waals surface area contributed by atoms with Gasteiger partial charge in [0, 0.05) is 29.7 Å². The molecule has 0 radical (unpaired) electrons. The summed E-state index contributed by atoms with van der Waals surface area (Å²) in [5.41, 5.74) is 1.03. The number of ether oxygens (including phenoxy) is 2. The second kappa shape index (κ2) is 7.68. The van der Waals surface area contributed by atoms with Crippen molar-refractivity contribution in [3.63, 3.8) is 0 Å². The summed E-state index contributed by atoms with van der Waals surface area (Å²) in [6, 6.07) is 3.86. The average Bonchev–Trinajstić information content (AvgIpc) is 2.95. The van der Waals surface area contributed by atoms with Crippen LogP contribution in [-0.2, 0) is 4.74 Å². The van der Waals surface area contributed by atoms with Gasteiger partial charge in [-0.2, -0.15) is 0 Å². The predicted molar refractivity (Wildman–Crippen MR) is 87.6 cm³/mol. The summed E-state index contributed by atoms with van der Waals surface area (Å²) in [7, 11) is 1.59. The summed E-state index contributed by atoms with van der Waals surface area (Å²) in [6.45, 7) is 5.95. The fourth-order valence-corrected chi connectivity index (χ4v) is 3.64. The van der Waals surface area contributed by atoms with E-state index in [1.54, 1.807) is 13.2 Å². The van der Waals surface area contributed by atoms with Gasteiger partial charge in [0.25, 0.3) is 0 Å². The van der Waals surface area contributed by atoms with Crippen molar-refractivity contribution in [2.45, 2.75) is 38.8 Å². The lowest BCUT2D eigenvalue weighted by atomic mass is 9.86. The largest absolute Gasteiger partial charge is 0.495 e. The van der Waals surface area contributed by atoms with Crippen LogP contribution in [0.4, 0.5) is 0 Å². The molecule has 0 saturated carbocycles. The zero-order chi connectivity index (χ0) is 15.4. The lowest BCUT2D eigenvalue weighted by Gasteiger charge is -2.29. The van der Waals surface area contributed by atoms with Gasteiger partial charge in [-0.05, 0) is 31.0 Å². The van der Waals surface area contributed by atoms with Crippen molar-refractivity contribution in [1.29, 1.82) is 0 Å². The lowest BCUT2D eigenvalue weighted by molar-refractivity contribution is 0.0776. The van der Waals surface area contributed by atoms with E-state index >= 15 is 0 Å². The van der Waals surface area contributed by atoms with Crippen LogP contribution in [-0.4, -0.2) is 26.4 Å². The first kappa shape index (κ1) is 16.9. The van der Waals surface area contributed by atoms with Crippen LogP contribution in [0.3, 0.4) is 0 Å². The molecule has 1 fully saturated rings. The predicted octanol–water partition coefficient (Wildman–Crippen LogP) is 4.47. The first-order valence-corrected chi connectivity index (χ1v) is 8.25. The third kappa shape index (κ3) is 3.65. The average molecular weight is 332 g/mol. The van der Waals surface area contributed by atoms with Gasteiger partial charge in [0.15, 0.2) is 0 Å². The molecule has 1 aromatic carbocycles. The molecule has 3 nitrogen and oxygen atoms in total. The Morgan fingerprint density at radius 2 is 2.10 bits per heavy atom. The van der Waals surface area contributed by atoms with Crippen molar-refractivity contribution < 1.29 is 9.47 Å². The van der Waals surface area contributed by atoms with Crippen LogP contribution in [0, 0.1) is 5.92 Å². The van der Waals surface area contributed by atoms with E-state index in [0.717, 1.165) is 31.6 Å². The minimum Gasteiger partial charge on any atom is -0.495 e. The highest BCUT2D eigenvalue weighted by atomic mass is 35.5. The molecule has 1 heterocycles. The lowest BCUT2D eigenvalue weighted by Crippen LogP contribution is -2.33. The minimum absolute atomic E-state index is 0.151. The normalized spacial score (nSPS) is 23.3. The second-order valence-electron chi connectivity index (χ2n) is 5.31. The molecule has 0 aliphatic carbocycles. The van der Waals surface area contributed by atoms with E-state index in [0.29, 0.717) is 21.7 Å². The van der Waals surface area contributed by atoms with Gasteiger partial charge in [-0.25, -0.2) is 0 Å². The molecule has 3 unspecified atom stereocenters. The molecule has 0 bridgehead atoms. The number of rotatable bonds is 6. The van der Waals surface area contributed by atoms with Gasteiger partial charge < -0.3 is 14.8 Å². The molecule has 0 spiro atoms. The highest BCUT2D eigenvalue weighted by Crippen LogP contribution is 2.40. The number of benzene rings is 1. The third-order valence-corrected chi connectivity index (χ3v) is 4.74. The molecule has 1 saturated heterocycles. The molecule has 1 aliphatic heterocycles. The maximum atomic E-state index is 6.46. The molecular formula is C16H23Cl2NO2. The van der Waals surface area contributed by atoms with Crippen LogP contribution < -0.4 is 10.1 Å². The maximum absolute atomic E-state index is 6.46. The van der Waals surface area contributed by atoms with Crippen LogP contribution >= 0.6 is 23.2 Å². The molecular weight excluding hydrogens is 309 g/mol. The Labute approximate surface area is 136 Å². The van der Waals surface area contributed by atoms with E-state index in [9.17, 15) is 0 Å². The first-order chi connectivity index (χ1) is 10.1. The molecule has 118 valence electrons. The van der Waals surface area contributed by atoms with Gasteiger partial charge in [0.1, 0.15) is 5.75 Å². The number of hydrogen-bond acceptors (Lipinski definition) is 3. The fourth-order valence-electron chi connectivity index (χ4n) is 3.12. The van der Waals surface area contributed by atoms with Gasteiger partial charge >= 0.3 is 0 Å². The molecule has 1 N–H and O–H groups in total. The Bertz CT molecular complexity index is 482. The molecule has 3 atom stereocenters.